The van der Waals surface area contributed by atoms with E-state index in [0.717, 1.165) is 0 Å². The molecule has 0 fully saturated rings. The SMILES string of the molecule is NC(=O)c1c(CCO)c(CCO)c(C(N)=O)c(CCO)c1CCO. The summed E-state index contributed by atoms with van der Waals surface area (Å²) in [6, 6.07) is 0. The lowest BCUT2D eigenvalue weighted by Crippen LogP contribution is -2.27. The first-order chi connectivity index (χ1) is 11.4. The summed E-state index contributed by atoms with van der Waals surface area (Å²) in [5.41, 5.74) is 12.6. The minimum atomic E-state index is -0.767. The molecule has 0 heterocycles. The van der Waals surface area contributed by atoms with Crippen LogP contribution >= 0.6 is 0 Å². The normalized spacial score (nSPS) is 10.8. The summed E-state index contributed by atoms with van der Waals surface area (Å²) in [5.74, 6) is -1.53. The van der Waals surface area contributed by atoms with Crippen LogP contribution in [0, 0.1) is 0 Å². The van der Waals surface area contributed by atoms with Crippen LogP contribution in [0.4, 0.5) is 0 Å². The van der Waals surface area contributed by atoms with Gasteiger partial charge in [-0.25, -0.2) is 0 Å². The van der Waals surface area contributed by atoms with Gasteiger partial charge in [0.2, 0.25) is 11.8 Å². The molecule has 0 aliphatic rings. The van der Waals surface area contributed by atoms with E-state index in [2.05, 4.69) is 0 Å². The second kappa shape index (κ2) is 9.33. The Morgan fingerprint density at radius 1 is 0.583 bits per heavy atom. The third kappa shape index (κ3) is 4.09. The third-order valence-corrected chi connectivity index (χ3v) is 3.88. The Morgan fingerprint density at radius 3 is 0.917 bits per heavy atom. The van der Waals surface area contributed by atoms with E-state index in [1.165, 1.54) is 0 Å². The number of benzene rings is 1. The molecule has 24 heavy (non-hydrogen) atoms. The molecule has 8 heteroatoms. The number of aliphatic hydroxyl groups excluding tert-OH is 4. The highest BCUT2D eigenvalue weighted by Gasteiger charge is 2.27. The van der Waals surface area contributed by atoms with Crippen molar-refractivity contribution in [3.8, 4) is 0 Å². The molecule has 0 saturated carbocycles. The molecule has 8 nitrogen and oxygen atoms in total. The summed E-state index contributed by atoms with van der Waals surface area (Å²) in [7, 11) is 0. The van der Waals surface area contributed by atoms with E-state index in [9.17, 15) is 30.0 Å². The van der Waals surface area contributed by atoms with Crippen molar-refractivity contribution in [2.45, 2.75) is 25.7 Å². The van der Waals surface area contributed by atoms with Crippen LogP contribution in [0.1, 0.15) is 43.0 Å². The minimum absolute atomic E-state index is 0.0473. The Morgan fingerprint density at radius 2 is 0.792 bits per heavy atom. The van der Waals surface area contributed by atoms with Gasteiger partial charge in [0.05, 0.1) is 0 Å². The van der Waals surface area contributed by atoms with Gasteiger partial charge in [0, 0.05) is 37.6 Å². The zero-order valence-electron chi connectivity index (χ0n) is 13.4. The molecule has 0 aliphatic heterocycles. The molecule has 0 aromatic heterocycles. The molecule has 0 bridgehead atoms. The maximum Gasteiger partial charge on any atom is 0.249 e. The van der Waals surface area contributed by atoms with Crippen molar-refractivity contribution < 1.29 is 30.0 Å². The van der Waals surface area contributed by atoms with Crippen molar-refractivity contribution in [2.24, 2.45) is 11.5 Å². The molecule has 1 aromatic carbocycles. The number of carbonyl (C=O) groups is 2. The standard InChI is InChI=1S/C16H24N2O6/c17-15(23)13-9(1-5-19)10(2-6-20)14(16(18)24)12(4-8-22)11(13)3-7-21/h19-22H,1-8H2,(H2,17,23)(H2,18,24). The lowest BCUT2D eigenvalue weighted by atomic mass is 9.81. The van der Waals surface area contributed by atoms with Crippen molar-refractivity contribution in [2.75, 3.05) is 26.4 Å². The largest absolute Gasteiger partial charge is 0.396 e. The summed E-state index contributed by atoms with van der Waals surface area (Å²) in [6.07, 6.45) is 0.189. The Kier molecular flexibility index (Phi) is 7.80. The van der Waals surface area contributed by atoms with E-state index >= 15 is 0 Å². The zero-order valence-corrected chi connectivity index (χ0v) is 13.4. The summed E-state index contributed by atoms with van der Waals surface area (Å²) >= 11 is 0. The maximum absolute atomic E-state index is 12.0. The summed E-state index contributed by atoms with van der Waals surface area (Å²) in [5, 5.41) is 37.3. The van der Waals surface area contributed by atoms with Crippen molar-refractivity contribution in [1.29, 1.82) is 0 Å². The fourth-order valence-electron chi connectivity index (χ4n) is 3.11. The average molecular weight is 340 g/mol. The van der Waals surface area contributed by atoms with Crippen LogP contribution in [0.2, 0.25) is 0 Å². The number of hydrogen-bond donors (Lipinski definition) is 6. The topological polar surface area (TPSA) is 167 Å². The van der Waals surface area contributed by atoms with E-state index in [0.29, 0.717) is 22.3 Å². The van der Waals surface area contributed by atoms with Gasteiger partial charge in [-0.05, 0) is 47.9 Å². The first kappa shape index (κ1) is 20.0. The van der Waals surface area contributed by atoms with Gasteiger partial charge in [0.25, 0.3) is 0 Å². The van der Waals surface area contributed by atoms with Crippen LogP contribution < -0.4 is 11.5 Å². The Bertz CT molecular complexity index is 525. The first-order valence-corrected chi connectivity index (χ1v) is 7.66. The van der Waals surface area contributed by atoms with Gasteiger partial charge in [0.1, 0.15) is 0 Å². The maximum atomic E-state index is 12.0. The van der Waals surface area contributed by atoms with Crippen molar-refractivity contribution in [3.63, 3.8) is 0 Å². The zero-order chi connectivity index (χ0) is 18.3. The van der Waals surface area contributed by atoms with Gasteiger partial charge in [-0.1, -0.05) is 0 Å². The molecule has 8 N–H and O–H groups in total. The van der Waals surface area contributed by atoms with E-state index < -0.39 is 11.8 Å². The molecule has 0 spiro atoms. The van der Waals surface area contributed by atoms with Crippen LogP contribution in [-0.4, -0.2) is 58.7 Å². The number of hydrogen-bond acceptors (Lipinski definition) is 6. The van der Waals surface area contributed by atoms with Crippen LogP contribution in [0.25, 0.3) is 0 Å². The van der Waals surface area contributed by atoms with Crippen molar-refractivity contribution >= 4 is 11.8 Å². The molecule has 1 aromatic rings. The van der Waals surface area contributed by atoms with Gasteiger partial charge in [-0.15, -0.1) is 0 Å². The second-order valence-corrected chi connectivity index (χ2v) is 5.29. The second-order valence-electron chi connectivity index (χ2n) is 5.29. The van der Waals surface area contributed by atoms with Gasteiger partial charge in [0.15, 0.2) is 0 Å². The summed E-state index contributed by atoms with van der Waals surface area (Å²) < 4.78 is 0. The Balaban J connectivity index is 3.97. The highest BCUT2D eigenvalue weighted by Crippen LogP contribution is 2.30. The van der Waals surface area contributed by atoms with E-state index in [1.807, 2.05) is 0 Å². The van der Waals surface area contributed by atoms with E-state index in [-0.39, 0.29) is 63.2 Å². The molecular formula is C16H24N2O6. The quantitative estimate of drug-likeness (QED) is 0.289. The highest BCUT2D eigenvalue weighted by molar-refractivity contribution is 6.02. The van der Waals surface area contributed by atoms with E-state index in [1.54, 1.807) is 0 Å². The number of rotatable bonds is 10. The van der Waals surface area contributed by atoms with Crippen LogP contribution in [0.3, 0.4) is 0 Å². The highest BCUT2D eigenvalue weighted by atomic mass is 16.3. The predicted molar refractivity (Wildman–Crippen MR) is 86.6 cm³/mol. The van der Waals surface area contributed by atoms with E-state index in [4.69, 9.17) is 11.5 Å². The van der Waals surface area contributed by atoms with Crippen LogP contribution in [0.15, 0.2) is 0 Å². The van der Waals surface area contributed by atoms with Crippen LogP contribution in [0.5, 0.6) is 0 Å². The first-order valence-electron chi connectivity index (χ1n) is 7.66. The smallest absolute Gasteiger partial charge is 0.249 e. The third-order valence-electron chi connectivity index (χ3n) is 3.88. The number of amides is 2. The van der Waals surface area contributed by atoms with Gasteiger partial charge in [-0.2, -0.15) is 0 Å². The van der Waals surface area contributed by atoms with Gasteiger partial charge < -0.3 is 31.9 Å². The average Bonchev–Trinajstić information content (AvgIpc) is 2.51. The molecule has 0 radical (unpaired) electrons. The minimum Gasteiger partial charge on any atom is -0.396 e. The number of carbonyl (C=O) groups excluding carboxylic acids is 2. The number of aliphatic hydroxyl groups is 4. The molecule has 0 unspecified atom stereocenters. The molecule has 134 valence electrons. The Hall–Kier alpha value is -2.00. The van der Waals surface area contributed by atoms with Crippen LogP contribution in [-0.2, 0) is 25.7 Å². The van der Waals surface area contributed by atoms with Crippen molar-refractivity contribution in [1.82, 2.24) is 0 Å². The lowest BCUT2D eigenvalue weighted by Gasteiger charge is -2.23. The summed E-state index contributed by atoms with van der Waals surface area (Å²) in [6.45, 7) is -1.19. The molecule has 0 atom stereocenters. The monoisotopic (exact) mass is 340 g/mol. The van der Waals surface area contributed by atoms with Gasteiger partial charge in [-0.3, -0.25) is 9.59 Å². The molecule has 2 amide bonds. The lowest BCUT2D eigenvalue weighted by molar-refractivity contribution is 0.0983. The molecule has 0 aliphatic carbocycles. The summed E-state index contributed by atoms with van der Waals surface area (Å²) in [4.78, 5) is 24.0. The van der Waals surface area contributed by atoms with Gasteiger partial charge >= 0.3 is 0 Å². The predicted octanol–water partition coefficient (Wildman–Crippen LogP) is -1.98. The molecule has 0 saturated heterocycles. The fourth-order valence-corrected chi connectivity index (χ4v) is 3.11. The Labute approximate surface area is 139 Å². The number of primary amides is 2. The number of nitrogens with two attached hydrogens (primary N) is 2. The fraction of sp³-hybridized carbons (Fsp3) is 0.500. The van der Waals surface area contributed by atoms with Crippen molar-refractivity contribution in [3.05, 3.63) is 33.4 Å². The molecule has 1 rings (SSSR count). The molecular weight excluding hydrogens is 316 g/mol.